The van der Waals surface area contributed by atoms with Crippen molar-refractivity contribution in [1.29, 1.82) is 0 Å². The molecule has 0 aliphatic heterocycles. The number of anilines is 1. The summed E-state index contributed by atoms with van der Waals surface area (Å²) in [6.45, 7) is 0. The lowest BCUT2D eigenvalue weighted by Gasteiger charge is -1.99. The lowest BCUT2D eigenvalue weighted by molar-refractivity contribution is -0.139. The molecule has 6 nitrogen and oxygen atoms in total. The average molecular weight is 277 g/mol. The van der Waals surface area contributed by atoms with Crippen LogP contribution in [0.4, 0.5) is 5.13 Å². The molecule has 0 aliphatic carbocycles. The van der Waals surface area contributed by atoms with E-state index in [0.29, 0.717) is 16.5 Å². The Labute approximate surface area is 113 Å². The molecule has 0 saturated heterocycles. The second-order valence-corrected chi connectivity index (χ2v) is 4.34. The van der Waals surface area contributed by atoms with E-state index in [2.05, 4.69) is 19.4 Å². The van der Waals surface area contributed by atoms with Gasteiger partial charge in [0.05, 0.1) is 7.11 Å². The summed E-state index contributed by atoms with van der Waals surface area (Å²) >= 11 is 1.02. The Morgan fingerprint density at radius 3 is 2.74 bits per heavy atom. The molecule has 7 heteroatoms. The summed E-state index contributed by atoms with van der Waals surface area (Å²) in [6, 6.07) is 8.78. The second-order valence-electron chi connectivity index (χ2n) is 3.59. The van der Waals surface area contributed by atoms with Gasteiger partial charge in [0.25, 0.3) is 5.91 Å². The molecule has 19 heavy (non-hydrogen) atoms. The van der Waals surface area contributed by atoms with Gasteiger partial charge in [-0.3, -0.25) is 14.9 Å². The number of ether oxygens (including phenoxy) is 1. The number of aromatic nitrogens is 2. The molecular formula is C12H11N3O3S. The summed E-state index contributed by atoms with van der Waals surface area (Å²) in [6.07, 6.45) is -0.00575. The molecule has 0 bridgehead atoms. The van der Waals surface area contributed by atoms with Crippen LogP contribution < -0.4 is 5.32 Å². The van der Waals surface area contributed by atoms with Crippen LogP contribution in [0, 0.1) is 0 Å². The molecule has 2 aromatic rings. The first-order chi connectivity index (χ1) is 9.19. The zero-order chi connectivity index (χ0) is 13.7. The Balaban J connectivity index is 2.00. The summed E-state index contributed by atoms with van der Waals surface area (Å²) in [5, 5.41) is 2.98. The van der Waals surface area contributed by atoms with Gasteiger partial charge in [0.2, 0.25) is 5.13 Å². The van der Waals surface area contributed by atoms with Crippen LogP contribution in [0.2, 0.25) is 0 Å². The van der Waals surface area contributed by atoms with E-state index in [1.165, 1.54) is 7.11 Å². The third kappa shape index (κ3) is 3.59. The van der Waals surface area contributed by atoms with E-state index in [0.717, 1.165) is 11.5 Å². The quantitative estimate of drug-likeness (QED) is 0.857. The van der Waals surface area contributed by atoms with E-state index in [1.807, 2.05) is 6.07 Å². The molecule has 0 radical (unpaired) electrons. The lowest BCUT2D eigenvalue weighted by Crippen LogP contribution is -2.11. The predicted molar refractivity (Wildman–Crippen MR) is 70.0 cm³/mol. The van der Waals surface area contributed by atoms with Gasteiger partial charge in [0, 0.05) is 17.1 Å². The number of nitrogens with zero attached hydrogens (tertiary/aromatic N) is 2. The average Bonchev–Trinajstić information content (AvgIpc) is 2.86. The van der Waals surface area contributed by atoms with Gasteiger partial charge in [-0.2, -0.15) is 4.37 Å². The standard InChI is InChI=1S/C12H11N3O3S/c1-18-10(16)7-9-13-12(19-15-9)14-11(17)8-5-3-2-4-6-8/h2-6H,7H2,1H3,(H,13,14,15,17). The van der Waals surface area contributed by atoms with Crippen molar-refractivity contribution in [3.63, 3.8) is 0 Å². The second kappa shape index (κ2) is 6.05. The summed E-state index contributed by atoms with van der Waals surface area (Å²) in [5.41, 5.74) is 0.534. The highest BCUT2D eigenvalue weighted by atomic mass is 32.1. The number of rotatable bonds is 4. The maximum absolute atomic E-state index is 11.8. The number of benzene rings is 1. The highest BCUT2D eigenvalue weighted by Gasteiger charge is 2.12. The topological polar surface area (TPSA) is 81.2 Å². The van der Waals surface area contributed by atoms with Gasteiger partial charge in [-0.1, -0.05) is 18.2 Å². The van der Waals surface area contributed by atoms with E-state index in [4.69, 9.17) is 0 Å². The monoisotopic (exact) mass is 277 g/mol. The number of carbonyl (C=O) groups excluding carboxylic acids is 2. The smallest absolute Gasteiger partial charge is 0.313 e. The largest absolute Gasteiger partial charge is 0.469 e. The molecule has 2 rings (SSSR count). The first-order valence-corrected chi connectivity index (χ1v) is 6.22. The molecule has 1 amide bonds. The van der Waals surface area contributed by atoms with Crippen LogP contribution in [-0.4, -0.2) is 28.3 Å². The van der Waals surface area contributed by atoms with Crippen LogP contribution >= 0.6 is 11.5 Å². The number of esters is 1. The van der Waals surface area contributed by atoms with Crippen molar-refractivity contribution in [2.75, 3.05) is 12.4 Å². The van der Waals surface area contributed by atoms with Gasteiger partial charge in [0.15, 0.2) is 5.82 Å². The number of carbonyl (C=O) groups is 2. The normalized spacial score (nSPS) is 9.95. The fourth-order valence-electron chi connectivity index (χ4n) is 1.34. The van der Waals surface area contributed by atoms with E-state index in [1.54, 1.807) is 24.3 Å². The zero-order valence-corrected chi connectivity index (χ0v) is 10.9. The zero-order valence-electron chi connectivity index (χ0n) is 10.1. The van der Waals surface area contributed by atoms with Crippen LogP contribution in [0.15, 0.2) is 30.3 Å². The fourth-order valence-corrected chi connectivity index (χ4v) is 1.92. The van der Waals surface area contributed by atoms with Gasteiger partial charge in [-0.05, 0) is 12.1 Å². The van der Waals surface area contributed by atoms with E-state index < -0.39 is 5.97 Å². The third-order valence-electron chi connectivity index (χ3n) is 2.25. The minimum absolute atomic E-state index is 0.00575. The van der Waals surface area contributed by atoms with Gasteiger partial charge < -0.3 is 4.74 Å². The minimum Gasteiger partial charge on any atom is -0.469 e. The molecule has 1 aromatic carbocycles. The van der Waals surface area contributed by atoms with Gasteiger partial charge >= 0.3 is 5.97 Å². The Hall–Kier alpha value is -2.28. The van der Waals surface area contributed by atoms with Gasteiger partial charge in [-0.15, -0.1) is 0 Å². The molecule has 1 heterocycles. The highest BCUT2D eigenvalue weighted by Crippen LogP contribution is 2.13. The fraction of sp³-hybridized carbons (Fsp3) is 0.167. The first-order valence-electron chi connectivity index (χ1n) is 5.45. The lowest BCUT2D eigenvalue weighted by atomic mass is 10.2. The maximum atomic E-state index is 11.8. The van der Waals surface area contributed by atoms with Crippen molar-refractivity contribution in [3.05, 3.63) is 41.7 Å². The molecule has 0 spiro atoms. The molecule has 0 unspecified atom stereocenters. The number of nitrogens with one attached hydrogen (secondary N) is 1. The third-order valence-corrected chi connectivity index (χ3v) is 2.92. The summed E-state index contributed by atoms with van der Waals surface area (Å²) < 4.78 is 8.48. The summed E-state index contributed by atoms with van der Waals surface area (Å²) in [5.74, 6) is -0.347. The highest BCUT2D eigenvalue weighted by molar-refractivity contribution is 7.09. The summed E-state index contributed by atoms with van der Waals surface area (Å²) in [4.78, 5) is 26.9. The van der Waals surface area contributed by atoms with Gasteiger partial charge in [-0.25, -0.2) is 4.98 Å². The molecule has 0 atom stereocenters. The van der Waals surface area contributed by atoms with Crippen LogP contribution in [0.25, 0.3) is 0 Å². The number of methoxy groups -OCH3 is 1. The van der Waals surface area contributed by atoms with Crippen molar-refractivity contribution < 1.29 is 14.3 Å². The van der Waals surface area contributed by atoms with Crippen molar-refractivity contribution in [2.45, 2.75) is 6.42 Å². The molecule has 1 N–H and O–H groups in total. The predicted octanol–water partition coefficient (Wildman–Crippen LogP) is 1.51. The van der Waals surface area contributed by atoms with E-state index in [-0.39, 0.29) is 12.3 Å². The Morgan fingerprint density at radius 2 is 2.05 bits per heavy atom. The first kappa shape index (κ1) is 13.2. The SMILES string of the molecule is COC(=O)Cc1nsc(NC(=O)c2ccccc2)n1. The van der Waals surface area contributed by atoms with Crippen molar-refractivity contribution >= 4 is 28.5 Å². The summed E-state index contributed by atoms with van der Waals surface area (Å²) in [7, 11) is 1.30. The Bertz CT molecular complexity index is 583. The van der Waals surface area contributed by atoms with Crippen LogP contribution in [0.1, 0.15) is 16.2 Å². The Kier molecular flexibility index (Phi) is 4.19. The van der Waals surface area contributed by atoms with Crippen molar-refractivity contribution in [3.8, 4) is 0 Å². The molecule has 1 aromatic heterocycles. The number of amides is 1. The molecule has 98 valence electrons. The van der Waals surface area contributed by atoms with Gasteiger partial charge in [0.1, 0.15) is 6.42 Å². The van der Waals surface area contributed by atoms with Crippen molar-refractivity contribution in [2.24, 2.45) is 0 Å². The number of hydrogen-bond acceptors (Lipinski definition) is 6. The van der Waals surface area contributed by atoms with Crippen LogP contribution in [0.5, 0.6) is 0 Å². The van der Waals surface area contributed by atoms with E-state index in [9.17, 15) is 9.59 Å². The number of hydrogen-bond donors (Lipinski definition) is 1. The van der Waals surface area contributed by atoms with Crippen molar-refractivity contribution in [1.82, 2.24) is 9.36 Å². The molecule has 0 fully saturated rings. The molecule has 0 aliphatic rings. The minimum atomic E-state index is -0.418. The molecule has 0 saturated carbocycles. The Morgan fingerprint density at radius 1 is 1.32 bits per heavy atom. The van der Waals surface area contributed by atoms with Crippen LogP contribution in [0.3, 0.4) is 0 Å². The maximum Gasteiger partial charge on any atom is 0.313 e. The van der Waals surface area contributed by atoms with E-state index >= 15 is 0 Å². The van der Waals surface area contributed by atoms with Crippen LogP contribution in [-0.2, 0) is 16.0 Å². The molecular weight excluding hydrogens is 266 g/mol.